The molecule has 5 heteroatoms. The third kappa shape index (κ3) is 2.58. The Labute approximate surface area is 125 Å². The summed E-state index contributed by atoms with van der Waals surface area (Å²) < 4.78 is 4.70. The highest BCUT2D eigenvalue weighted by molar-refractivity contribution is 6.41. The van der Waals surface area contributed by atoms with Crippen molar-refractivity contribution in [3.63, 3.8) is 0 Å². The van der Waals surface area contributed by atoms with Gasteiger partial charge in [-0.1, -0.05) is 19.0 Å². The van der Waals surface area contributed by atoms with Crippen LogP contribution in [0.4, 0.5) is 0 Å². The molecule has 4 atom stereocenters. The lowest BCUT2D eigenvalue weighted by molar-refractivity contribution is -0.143. The van der Waals surface area contributed by atoms with Gasteiger partial charge in [-0.3, -0.25) is 9.59 Å². The van der Waals surface area contributed by atoms with Crippen molar-refractivity contribution >= 4 is 17.5 Å². The highest BCUT2D eigenvalue weighted by atomic mass is 16.6. The summed E-state index contributed by atoms with van der Waals surface area (Å²) in [5.41, 5.74) is 0.202. The number of ether oxygens (including phenoxy) is 1. The fraction of sp³-hybridized carbons (Fsp3) is 0.812. The number of hydrogen-bond donors (Lipinski definition) is 0. The van der Waals surface area contributed by atoms with Crippen molar-refractivity contribution in [2.75, 3.05) is 7.11 Å². The van der Waals surface area contributed by atoms with Gasteiger partial charge in [-0.25, -0.2) is 0 Å². The molecule has 2 aliphatic carbocycles. The van der Waals surface area contributed by atoms with Gasteiger partial charge in [0, 0.05) is 6.42 Å². The molecule has 3 rings (SSSR count). The maximum Gasteiger partial charge on any atom is 0.306 e. The summed E-state index contributed by atoms with van der Waals surface area (Å²) in [6.45, 7) is 3.83. The number of Topliss-reactive ketones (excluding diaryl/α,β-unsaturated/α-hetero) is 1. The van der Waals surface area contributed by atoms with E-state index in [2.05, 4.69) is 5.16 Å². The van der Waals surface area contributed by atoms with Crippen LogP contribution in [0.5, 0.6) is 0 Å². The molecule has 0 aromatic carbocycles. The molecule has 5 nitrogen and oxygen atoms in total. The second kappa shape index (κ2) is 5.11. The summed E-state index contributed by atoms with van der Waals surface area (Å²) in [5.74, 6) is 1.09. The number of esters is 1. The van der Waals surface area contributed by atoms with Crippen molar-refractivity contribution in [1.82, 2.24) is 0 Å². The molecule has 0 aromatic rings. The Hall–Kier alpha value is -1.39. The van der Waals surface area contributed by atoms with Crippen LogP contribution in [0.25, 0.3) is 0 Å². The van der Waals surface area contributed by atoms with Crippen LogP contribution in [0.15, 0.2) is 5.16 Å². The van der Waals surface area contributed by atoms with Crippen molar-refractivity contribution in [3.8, 4) is 0 Å². The van der Waals surface area contributed by atoms with Crippen LogP contribution in [0, 0.1) is 23.2 Å². The molecular formula is C16H23NO4. The van der Waals surface area contributed by atoms with Gasteiger partial charge < -0.3 is 9.57 Å². The zero-order valence-corrected chi connectivity index (χ0v) is 12.9. The topological polar surface area (TPSA) is 65.0 Å². The summed E-state index contributed by atoms with van der Waals surface area (Å²) in [6, 6.07) is 0. The molecule has 0 N–H and O–H groups in total. The number of fused-ring (bicyclic) bond motifs is 5. The van der Waals surface area contributed by atoms with Crippen LogP contribution in [0.3, 0.4) is 0 Å². The third-order valence-electron chi connectivity index (χ3n) is 5.20. The number of carbonyl (C=O) groups excluding carboxylic acids is 2. The molecule has 0 spiro atoms. The first kappa shape index (κ1) is 14.5. The zero-order valence-electron chi connectivity index (χ0n) is 12.9. The van der Waals surface area contributed by atoms with E-state index in [1.54, 1.807) is 0 Å². The second-order valence-electron chi connectivity index (χ2n) is 7.42. The Morgan fingerprint density at radius 3 is 2.71 bits per heavy atom. The van der Waals surface area contributed by atoms with Gasteiger partial charge >= 0.3 is 5.97 Å². The summed E-state index contributed by atoms with van der Waals surface area (Å²) in [6.07, 6.45) is 4.25. The first-order valence-corrected chi connectivity index (χ1v) is 7.75. The quantitative estimate of drug-likeness (QED) is 0.730. The van der Waals surface area contributed by atoms with E-state index in [1.165, 1.54) is 26.4 Å². The fourth-order valence-corrected chi connectivity index (χ4v) is 4.24. The van der Waals surface area contributed by atoms with Gasteiger partial charge in [0.2, 0.25) is 0 Å². The predicted octanol–water partition coefficient (Wildman–Crippen LogP) is 2.34. The largest absolute Gasteiger partial charge is 0.469 e. The summed E-state index contributed by atoms with van der Waals surface area (Å²) in [5, 5.41) is 4.10. The van der Waals surface area contributed by atoms with Gasteiger partial charge in [-0.05, 0) is 36.5 Å². The Morgan fingerprint density at radius 1 is 1.29 bits per heavy atom. The van der Waals surface area contributed by atoms with Crippen LogP contribution in [-0.2, 0) is 19.2 Å². The Kier molecular flexibility index (Phi) is 3.54. The molecule has 116 valence electrons. The first-order chi connectivity index (χ1) is 9.91. The fourth-order valence-electron chi connectivity index (χ4n) is 4.24. The number of hydrogen-bond acceptors (Lipinski definition) is 5. The van der Waals surface area contributed by atoms with Crippen LogP contribution in [0.2, 0.25) is 0 Å². The monoisotopic (exact) mass is 293 g/mol. The molecule has 21 heavy (non-hydrogen) atoms. The summed E-state index contributed by atoms with van der Waals surface area (Å²) in [7, 11) is 1.37. The van der Waals surface area contributed by atoms with Crippen molar-refractivity contribution in [1.29, 1.82) is 0 Å². The highest BCUT2D eigenvalue weighted by Gasteiger charge is 2.55. The van der Waals surface area contributed by atoms with Gasteiger partial charge in [0.15, 0.2) is 5.78 Å². The summed E-state index contributed by atoms with van der Waals surface area (Å²) >= 11 is 0. The lowest BCUT2D eigenvalue weighted by atomic mass is 9.77. The third-order valence-corrected chi connectivity index (χ3v) is 5.20. The van der Waals surface area contributed by atoms with Crippen LogP contribution in [0.1, 0.15) is 46.0 Å². The zero-order chi connectivity index (χ0) is 15.2. The van der Waals surface area contributed by atoms with Crippen molar-refractivity contribution in [3.05, 3.63) is 0 Å². The van der Waals surface area contributed by atoms with Gasteiger partial charge in [0.1, 0.15) is 11.8 Å². The Bertz CT molecular complexity index is 497. The maximum atomic E-state index is 12.6. The van der Waals surface area contributed by atoms with E-state index in [4.69, 9.17) is 9.57 Å². The average Bonchev–Trinajstić information content (AvgIpc) is 3.09. The van der Waals surface area contributed by atoms with E-state index >= 15 is 0 Å². The second-order valence-corrected chi connectivity index (χ2v) is 7.42. The van der Waals surface area contributed by atoms with E-state index in [-0.39, 0.29) is 30.2 Å². The SMILES string of the molecule is COC(=O)CC(C)(C)CC(=O)C1=NO[C@H]2[C@@H]3CC[C@@H](C3)[C@@H]12. The molecule has 0 unspecified atom stereocenters. The molecule has 1 aliphatic heterocycles. The minimum Gasteiger partial charge on any atom is -0.469 e. The van der Waals surface area contributed by atoms with Crippen LogP contribution >= 0.6 is 0 Å². The van der Waals surface area contributed by atoms with E-state index in [1.807, 2.05) is 13.8 Å². The van der Waals surface area contributed by atoms with Gasteiger partial charge in [0.25, 0.3) is 0 Å². The molecule has 2 fully saturated rings. The Balaban J connectivity index is 1.65. The number of rotatable bonds is 5. The van der Waals surface area contributed by atoms with Gasteiger partial charge in [0.05, 0.1) is 19.4 Å². The first-order valence-electron chi connectivity index (χ1n) is 7.75. The molecule has 0 amide bonds. The lowest BCUT2D eigenvalue weighted by Gasteiger charge is -2.25. The van der Waals surface area contributed by atoms with Gasteiger partial charge in [-0.2, -0.15) is 0 Å². The molecule has 1 heterocycles. The normalized spacial score (nSPS) is 33.4. The molecule has 2 bridgehead atoms. The Morgan fingerprint density at radius 2 is 2.00 bits per heavy atom. The number of nitrogens with zero attached hydrogens (tertiary/aromatic N) is 1. The molecule has 0 radical (unpaired) electrons. The molecule has 0 aromatic heterocycles. The minimum absolute atomic E-state index is 0.0314. The van der Waals surface area contributed by atoms with E-state index in [9.17, 15) is 9.59 Å². The van der Waals surface area contributed by atoms with E-state index < -0.39 is 5.41 Å². The number of methoxy groups -OCH3 is 1. The predicted molar refractivity (Wildman–Crippen MR) is 76.7 cm³/mol. The van der Waals surface area contributed by atoms with Crippen LogP contribution in [-0.4, -0.2) is 30.7 Å². The van der Waals surface area contributed by atoms with E-state index in [0.717, 1.165) is 0 Å². The van der Waals surface area contributed by atoms with Crippen molar-refractivity contribution in [2.24, 2.45) is 28.3 Å². The van der Waals surface area contributed by atoms with E-state index in [0.29, 0.717) is 24.0 Å². The molecular weight excluding hydrogens is 270 g/mol. The number of ketones is 1. The van der Waals surface area contributed by atoms with Crippen molar-refractivity contribution in [2.45, 2.75) is 52.1 Å². The minimum atomic E-state index is -0.414. The lowest BCUT2D eigenvalue weighted by Crippen LogP contribution is -2.35. The average molecular weight is 293 g/mol. The molecule has 2 saturated carbocycles. The number of oxime groups is 1. The maximum absolute atomic E-state index is 12.6. The van der Waals surface area contributed by atoms with Crippen molar-refractivity contribution < 1.29 is 19.2 Å². The standard InChI is InChI=1S/C16H23NO4/c1-16(2,8-12(19)20-3)7-11(18)14-13-9-4-5-10(6-9)15(13)21-17-14/h9-10,13,15H,4-8H2,1-3H3/t9-,10+,13-,15-/m0/s1. The molecule has 0 saturated heterocycles. The smallest absolute Gasteiger partial charge is 0.306 e. The molecule has 3 aliphatic rings. The summed E-state index contributed by atoms with van der Waals surface area (Å²) in [4.78, 5) is 29.6. The van der Waals surface area contributed by atoms with Gasteiger partial charge in [-0.15, -0.1) is 0 Å². The number of carbonyl (C=O) groups is 2. The van der Waals surface area contributed by atoms with Crippen LogP contribution < -0.4 is 0 Å². The highest BCUT2D eigenvalue weighted by Crippen LogP contribution is 2.52.